The summed E-state index contributed by atoms with van der Waals surface area (Å²) in [5.74, 6) is 0.469. The van der Waals surface area contributed by atoms with Gasteiger partial charge >= 0.3 is 0 Å². The van der Waals surface area contributed by atoms with Gasteiger partial charge in [0.2, 0.25) is 0 Å². The Balaban J connectivity index is 1.90. The number of hydrogen-bond acceptors (Lipinski definition) is 1. The summed E-state index contributed by atoms with van der Waals surface area (Å²) in [7, 11) is 1.54. The Morgan fingerprint density at radius 3 is 2.43 bits per heavy atom. The highest BCUT2D eigenvalue weighted by Crippen LogP contribution is 2.43. The molecule has 1 unspecified atom stereocenters. The van der Waals surface area contributed by atoms with E-state index in [1.807, 2.05) is 0 Å². The molecular formula is C17H15BrClFO. The molecule has 1 aliphatic carbocycles. The Bertz CT molecular complexity index is 649. The molecule has 110 valence electrons. The average molecular weight is 370 g/mol. The van der Waals surface area contributed by atoms with E-state index in [1.54, 1.807) is 13.2 Å². The minimum atomic E-state index is -0.339. The molecule has 0 heterocycles. The zero-order chi connectivity index (χ0) is 15.0. The van der Waals surface area contributed by atoms with Crippen molar-refractivity contribution < 1.29 is 9.13 Å². The van der Waals surface area contributed by atoms with Crippen LogP contribution >= 0.6 is 27.5 Å². The fourth-order valence-electron chi connectivity index (χ4n) is 2.99. The van der Waals surface area contributed by atoms with E-state index < -0.39 is 0 Å². The molecule has 0 bridgehead atoms. The van der Waals surface area contributed by atoms with Gasteiger partial charge in [0, 0.05) is 11.6 Å². The summed E-state index contributed by atoms with van der Waals surface area (Å²) < 4.78 is 19.3. The monoisotopic (exact) mass is 368 g/mol. The Morgan fingerprint density at radius 1 is 1.24 bits per heavy atom. The molecule has 0 amide bonds. The van der Waals surface area contributed by atoms with E-state index >= 15 is 0 Å². The van der Waals surface area contributed by atoms with Crippen molar-refractivity contribution >= 4 is 27.5 Å². The molecule has 2 aromatic carbocycles. The molecule has 0 saturated carbocycles. The smallest absolute Gasteiger partial charge is 0.141 e. The molecule has 21 heavy (non-hydrogen) atoms. The number of methoxy groups -OCH3 is 1. The largest absolute Gasteiger partial charge is 0.496 e. The zero-order valence-corrected chi connectivity index (χ0v) is 13.9. The van der Waals surface area contributed by atoms with Crippen LogP contribution in [0.1, 0.15) is 22.1 Å². The first-order valence-electron chi connectivity index (χ1n) is 6.84. The number of benzene rings is 2. The summed E-state index contributed by atoms with van der Waals surface area (Å²) >= 11 is 9.91. The van der Waals surface area contributed by atoms with Crippen molar-refractivity contribution in [3.05, 3.63) is 63.4 Å². The van der Waals surface area contributed by atoms with E-state index in [1.165, 1.54) is 17.2 Å². The van der Waals surface area contributed by atoms with Crippen LogP contribution in [0.15, 0.2) is 40.9 Å². The van der Waals surface area contributed by atoms with Crippen molar-refractivity contribution in [2.24, 2.45) is 5.92 Å². The van der Waals surface area contributed by atoms with Crippen LogP contribution in [-0.4, -0.2) is 7.11 Å². The van der Waals surface area contributed by atoms with E-state index in [-0.39, 0.29) is 11.2 Å². The van der Waals surface area contributed by atoms with E-state index in [2.05, 4.69) is 40.2 Å². The normalized spacial score (nSPS) is 15.8. The topological polar surface area (TPSA) is 9.23 Å². The molecule has 0 radical (unpaired) electrons. The average Bonchev–Trinajstić information content (AvgIpc) is 2.92. The molecule has 0 N–H and O–H groups in total. The summed E-state index contributed by atoms with van der Waals surface area (Å²) in [6, 6.07) is 11.5. The Kier molecular flexibility index (Phi) is 4.23. The molecule has 1 nitrogen and oxygen atoms in total. The van der Waals surface area contributed by atoms with Gasteiger partial charge in [0.25, 0.3) is 0 Å². The molecule has 0 saturated heterocycles. The molecule has 0 spiro atoms. The van der Waals surface area contributed by atoms with Crippen molar-refractivity contribution in [1.82, 2.24) is 0 Å². The van der Waals surface area contributed by atoms with Gasteiger partial charge in [-0.1, -0.05) is 24.3 Å². The first-order valence-corrected chi connectivity index (χ1v) is 8.07. The predicted octanol–water partition coefficient (Wildman–Crippen LogP) is 5.29. The zero-order valence-electron chi connectivity index (χ0n) is 11.6. The molecule has 4 heteroatoms. The van der Waals surface area contributed by atoms with Gasteiger partial charge in [-0.2, -0.15) is 0 Å². The van der Waals surface area contributed by atoms with E-state index in [9.17, 15) is 4.39 Å². The maximum atomic E-state index is 13.6. The number of ether oxygens (including phenoxy) is 1. The first kappa shape index (κ1) is 14.9. The fourth-order valence-corrected chi connectivity index (χ4v) is 3.70. The lowest BCUT2D eigenvalue weighted by atomic mass is 9.95. The Morgan fingerprint density at radius 2 is 1.86 bits per heavy atom. The minimum Gasteiger partial charge on any atom is -0.496 e. The molecule has 2 aromatic rings. The summed E-state index contributed by atoms with van der Waals surface area (Å²) in [5.41, 5.74) is 3.55. The van der Waals surface area contributed by atoms with Crippen LogP contribution in [0.3, 0.4) is 0 Å². The molecule has 0 aliphatic heterocycles. The number of alkyl halides is 1. The van der Waals surface area contributed by atoms with Gasteiger partial charge in [0.05, 0.1) is 17.0 Å². The second-order valence-corrected chi connectivity index (χ2v) is 6.67. The van der Waals surface area contributed by atoms with Crippen LogP contribution in [0.2, 0.25) is 0 Å². The SMILES string of the molecule is COc1cc(F)c(Br)cc1C(Cl)C1Cc2ccccc2C1. The number of hydrogen-bond donors (Lipinski definition) is 0. The number of rotatable bonds is 3. The minimum absolute atomic E-state index is 0.204. The van der Waals surface area contributed by atoms with Crippen LogP contribution in [0.4, 0.5) is 4.39 Å². The van der Waals surface area contributed by atoms with Crippen LogP contribution in [-0.2, 0) is 12.8 Å². The van der Waals surface area contributed by atoms with Crippen molar-refractivity contribution in [3.63, 3.8) is 0 Å². The van der Waals surface area contributed by atoms with Gasteiger partial charge in [-0.05, 0) is 51.9 Å². The summed E-state index contributed by atoms with van der Waals surface area (Å²) in [5, 5.41) is -0.204. The van der Waals surface area contributed by atoms with Crippen molar-refractivity contribution in [2.45, 2.75) is 18.2 Å². The van der Waals surface area contributed by atoms with Gasteiger partial charge in [-0.3, -0.25) is 0 Å². The van der Waals surface area contributed by atoms with Gasteiger partial charge in [0.1, 0.15) is 11.6 Å². The van der Waals surface area contributed by atoms with E-state index in [0.29, 0.717) is 16.1 Å². The van der Waals surface area contributed by atoms with Crippen molar-refractivity contribution in [2.75, 3.05) is 7.11 Å². The summed E-state index contributed by atoms with van der Waals surface area (Å²) in [4.78, 5) is 0. The predicted molar refractivity (Wildman–Crippen MR) is 86.6 cm³/mol. The molecule has 0 fully saturated rings. The highest BCUT2D eigenvalue weighted by atomic mass is 79.9. The van der Waals surface area contributed by atoms with Gasteiger partial charge < -0.3 is 4.74 Å². The third-order valence-corrected chi connectivity index (χ3v) is 5.27. The number of fused-ring (bicyclic) bond motifs is 1. The van der Waals surface area contributed by atoms with E-state index in [0.717, 1.165) is 18.4 Å². The quantitative estimate of drug-likeness (QED) is 0.668. The lowest BCUT2D eigenvalue weighted by Gasteiger charge is -2.20. The maximum absolute atomic E-state index is 13.6. The van der Waals surface area contributed by atoms with Crippen molar-refractivity contribution in [3.8, 4) is 5.75 Å². The second kappa shape index (κ2) is 5.98. The van der Waals surface area contributed by atoms with E-state index in [4.69, 9.17) is 16.3 Å². The third-order valence-electron chi connectivity index (χ3n) is 4.07. The highest BCUT2D eigenvalue weighted by molar-refractivity contribution is 9.10. The van der Waals surface area contributed by atoms with Crippen molar-refractivity contribution in [1.29, 1.82) is 0 Å². The summed E-state index contributed by atoms with van der Waals surface area (Å²) in [6.45, 7) is 0. The molecule has 3 rings (SSSR count). The van der Waals surface area contributed by atoms with Gasteiger partial charge in [-0.15, -0.1) is 11.6 Å². The van der Waals surface area contributed by atoms with Crippen LogP contribution < -0.4 is 4.74 Å². The summed E-state index contributed by atoms with van der Waals surface area (Å²) in [6.07, 6.45) is 1.89. The highest BCUT2D eigenvalue weighted by Gasteiger charge is 2.30. The standard InChI is InChI=1S/C17H15BrClFO/c1-21-16-9-15(20)14(18)8-13(16)17(19)12-6-10-4-2-3-5-11(10)7-12/h2-5,8-9,12,17H,6-7H2,1H3. The van der Waals surface area contributed by atoms with Crippen LogP contribution in [0.5, 0.6) is 5.75 Å². The number of halogens is 3. The van der Waals surface area contributed by atoms with Crippen LogP contribution in [0.25, 0.3) is 0 Å². The molecule has 1 aliphatic rings. The lowest BCUT2D eigenvalue weighted by molar-refractivity contribution is 0.399. The van der Waals surface area contributed by atoms with Crippen LogP contribution in [0, 0.1) is 11.7 Å². The Hall–Kier alpha value is -1.06. The second-order valence-electron chi connectivity index (χ2n) is 5.35. The van der Waals surface area contributed by atoms with Gasteiger partial charge in [-0.25, -0.2) is 4.39 Å². The fraction of sp³-hybridized carbons (Fsp3) is 0.294. The third kappa shape index (κ3) is 2.82. The maximum Gasteiger partial charge on any atom is 0.141 e. The lowest BCUT2D eigenvalue weighted by Crippen LogP contribution is -2.10. The Labute approximate surface area is 137 Å². The first-order chi connectivity index (χ1) is 10.1. The molecule has 0 aromatic heterocycles. The molecular weight excluding hydrogens is 355 g/mol. The van der Waals surface area contributed by atoms with Gasteiger partial charge in [0.15, 0.2) is 0 Å². The molecule has 1 atom stereocenters.